The minimum Gasteiger partial charge on any atom is -0.324 e. The normalized spacial score (nSPS) is 12.1. The molecule has 0 bridgehead atoms. The number of anilines is 1. The number of hydrogen-bond donors (Lipinski definition) is 1. The molecule has 3 aromatic rings. The van der Waals surface area contributed by atoms with Gasteiger partial charge in [0.2, 0.25) is 5.91 Å². The molecule has 0 aliphatic rings. The highest BCUT2D eigenvalue weighted by molar-refractivity contribution is 8.00. The van der Waals surface area contributed by atoms with E-state index >= 15 is 0 Å². The van der Waals surface area contributed by atoms with Crippen molar-refractivity contribution in [2.75, 3.05) is 5.32 Å². The molecule has 3 rings (SSSR count). The molecule has 27 heavy (non-hydrogen) atoms. The van der Waals surface area contributed by atoms with Crippen LogP contribution in [0.3, 0.4) is 0 Å². The van der Waals surface area contributed by atoms with E-state index in [1.807, 2.05) is 0 Å². The molecule has 8 nitrogen and oxygen atoms in total. The van der Waals surface area contributed by atoms with E-state index < -0.39 is 16.1 Å². The zero-order valence-corrected chi connectivity index (χ0v) is 16.6. The minimum absolute atomic E-state index is 0.153. The Kier molecular flexibility index (Phi) is 5.75. The van der Waals surface area contributed by atoms with Crippen LogP contribution >= 0.6 is 46.6 Å². The second kappa shape index (κ2) is 7.89. The zero-order chi connectivity index (χ0) is 19.7. The van der Waals surface area contributed by atoms with E-state index in [2.05, 4.69) is 15.5 Å². The monoisotopic (exact) mass is 445 g/mol. The summed E-state index contributed by atoms with van der Waals surface area (Å²) in [5.41, 5.74) is 0.390. The summed E-state index contributed by atoms with van der Waals surface area (Å²) in [6.45, 7) is 1.65. The van der Waals surface area contributed by atoms with Gasteiger partial charge in [-0.25, -0.2) is 0 Å². The number of nitrogens with one attached hydrogen (secondary N) is 1. The number of fused-ring (bicyclic) bond motifs is 1. The molecule has 140 valence electrons. The van der Waals surface area contributed by atoms with Crippen LogP contribution in [0.2, 0.25) is 15.1 Å². The van der Waals surface area contributed by atoms with E-state index in [1.165, 1.54) is 18.2 Å². The molecule has 1 amide bonds. The fourth-order valence-corrected chi connectivity index (χ4v) is 3.65. The first kappa shape index (κ1) is 19.7. The molecule has 0 radical (unpaired) electrons. The number of nitro groups is 1. The Balaban J connectivity index is 1.79. The number of thioether (sulfide) groups is 1. The average molecular weight is 447 g/mol. The van der Waals surface area contributed by atoms with Crippen molar-refractivity contribution in [1.82, 2.24) is 14.6 Å². The SMILES string of the molecule is CC(Sc1nnc2c(Cl)cc(Cl)cn12)C(=O)Nc1cc([N+](=O)[O-])ccc1Cl. The molecule has 12 heteroatoms. The van der Waals surface area contributed by atoms with Gasteiger partial charge in [-0.3, -0.25) is 19.3 Å². The van der Waals surface area contributed by atoms with Crippen molar-refractivity contribution in [3.8, 4) is 0 Å². The van der Waals surface area contributed by atoms with E-state index in [9.17, 15) is 14.9 Å². The number of halogens is 3. The number of non-ortho nitro benzene ring substituents is 1. The predicted octanol–water partition coefficient (Wildman–Crippen LogP) is 4.72. The van der Waals surface area contributed by atoms with Crippen LogP contribution in [0.5, 0.6) is 0 Å². The summed E-state index contributed by atoms with van der Waals surface area (Å²) in [5.74, 6) is -0.410. The van der Waals surface area contributed by atoms with Gasteiger partial charge in [0, 0.05) is 18.3 Å². The number of amides is 1. The minimum atomic E-state index is -0.606. The Morgan fingerprint density at radius 2 is 2.00 bits per heavy atom. The lowest BCUT2D eigenvalue weighted by Gasteiger charge is -2.12. The summed E-state index contributed by atoms with van der Waals surface area (Å²) in [7, 11) is 0. The molecule has 1 unspecified atom stereocenters. The molecular formula is C15H10Cl3N5O3S. The van der Waals surface area contributed by atoms with E-state index in [0.717, 1.165) is 11.8 Å². The van der Waals surface area contributed by atoms with Gasteiger partial charge >= 0.3 is 0 Å². The third-order valence-electron chi connectivity index (χ3n) is 3.47. The summed E-state index contributed by atoms with van der Waals surface area (Å²) >= 11 is 19.2. The quantitative estimate of drug-likeness (QED) is 0.346. The van der Waals surface area contributed by atoms with Gasteiger partial charge in [-0.15, -0.1) is 10.2 Å². The topological polar surface area (TPSA) is 102 Å². The van der Waals surface area contributed by atoms with Gasteiger partial charge in [0.1, 0.15) is 0 Å². The molecule has 0 saturated carbocycles. The number of nitrogens with zero attached hydrogens (tertiary/aromatic N) is 4. The van der Waals surface area contributed by atoms with Crippen LogP contribution in [-0.2, 0) is 4.79 Å². The molecule has 0 aliphatic carbocycles. The van der Waals surface area contributed by atoms with Gasteiger partial charge < -0.3 is 5.32 Å². The van der Waals surface area contributed by atoms with Gasteiger partial charge in [0.25, 0.3) is 5.69 Å². The van der Waals surface area contributed by atoms with E-state index in [0.29, 0.717) is 20.8 Å². The van der Waals surface area contributed by atoms with Crippen LogP contribution in [0.25, 0.3) is 5.65 Å². The van der Waals surface area contributed by atoms with Crippen LogP contribution in [0.4, 0.5) is 11.4 Å². The van der Waals surface area contributed by atoms with Crippen molar-refractivity contribution in [2.45, 2.75) is 17.3 Å². The molecule has 0 saturated heterocycles. The smallest absolute Gasteiger partial charge is 0.271 e. The van der Waals surface area contributed by atoms with Crippen LogP contribution in [0.1, 0.15) is 6.92 Å². The van der Waals surface area contributed by atoms with Crippen LogP contribution < -0.4 is 5.32 Å². The first-order valence-corrected chi connectivity index (χ1v) is 9.39. The van der Waals surface area contributed by atoms with Crippen molar-refractivity contribution in [2.24, 2.45) is 0 Å². The lowest BCUT2D eigenvalue weighted by Crippen LogP contribution is -2.23. The van der Waals surface area contributed by atoms with E-state index in [1.54, 1.807) is 23.6 Å². The third kappa shape index (κ3) is 4.27. The Labute approximate surface area is 172 Å². The number of carbonyl (C=O) groups excluding carboxylic acids is 1. The number of hydrogen-bond acceptors (Lipinski definition) is 6. The summed E-state index contributed by atoms with van der Waals surface area (Å²) < 4.78 is 1.58. The van der Waals surface area contributed by atoms with Gasteiger partial charge in [-0.05, 0) is 19.1 Å². The predicted molar refractivity (Wildman–Crippen MR) is 105 cm³/mol. The van der Waals surface area contributed by atoms with E-state index in [-0.39, 0.29) is 16.4 Å². The third-order valence-corrected chi connectivity index (χ3v) is 5.34. The highest BCUT2D eigenvalue weighted by Crippen LogP contribution is 2.30. The van der Waals surface area contributed by atoms with Crippen LogP contribution in [0, 0.1) is 10.1 Å². The van der Waals surface area contributed by atoms with Crippen LogP contribution in [0.15, 0.2) is 35.6 Å². The molecular weight excluding hydrogens is 437 g/mol. The van der Waals surface area contributed by atoms with Gasteiger partial charge in [-0.1, -0.05) is 46.6 Å². The van der Waals surface area contributed by atoms with Crippen molar-refractivity contribution in [3.63, 3.8) is 0 Å². The Bertz CT molecular complexity index is 1060. The maximum atomic E-state index is 12.5. The fourth-order valence-electron chi connectivity index (χ4n) is 2.15. The Hall–Kier alpha value is -2.07. The van der Waals surface area contributed by atoms with Crippen molar-refractivity contribution in [3.05, 3.63) is 55.6 Å². The second-order valence-corrected chi connectivity index (χ2v) is 7.91. The maximum absolute atomic E-state index is 12.5. The summed E-state index contributed by atoms with van der Waals surface area (Å²) in [5, 5.41) is 22.2. The van der Waals surface area contributed by atoms with Crippen molar-refractivity contribution < 1.29 is 9.72 Å². The molecule has 1 aromatic carbocycles. The molecule has 1 N–H and O–H groups in total. The van der Waals surface area contributed by atoms with Crippen molar-refractivity contribution in [1.29, 1.82) is 0 Å². The summed E-state index contributed by atoms with van der Waals surface area (Å²) in [6.07, 6.45) is 1.59. The van der Waals surface area contributed by atoms with Crippen LogP contribution in [-0.4, -0.2) is 30.7 Å². The average Bonchev–Trinajstić information content (AvgIpc) is 2.99. The number of nitro benzene ring substituents is 1. The molecule has 1 atom stereocenters. The number of aromatic nitrogens is 3. The Morgan fingerprint density at radius 1 is 1.26 bits per heavy atom. The number of rotatable bonds is 5. The van der Waals surface area contributed by atoms with Gasteiger partial charge in [-0.2, -0.15) is 0 Å². The first-order chi connectivity index (χ1) is 12.8. The van der Waals surface area contributed by atoms with Gasteiger partial charge in [0.05, 0.1) is 30.9 Å². The molecule has 0 fully saturated rings. The summed E-state index contributed by atoms with van der Waals surface area (Å²) in [4.78, 5) is 22.8. The number of carbonyl (C=O) groups is 1. The molecule has 2 heterocycles. The molecule has 0 spiro atoms. The van der Waals surface area contributed by atoms with Gasteiger partial charge in [0.15, 0.2) is 10.8 Å². The number of benzene rings is 1. The van der Waals surface area contributed by atoms with E-state index in [4.69, 9.17) is 34.8 Å². The molecule has 0 aliphatic heterocycles. The largest absolute Gasteiger partial charge is 0.324 e. The zero-order valence-electron chi connectivity index (χ0n) is 13.5. The first-order valence-electron chi connectivity index (χ1n) is 7.37. The standard InChI is InChI=1S/C15H10Cl3N5O3S/c1-7(14(24)19-12-5-9(23(25)26)2-3-10(12)17)27-15-21-20-13-11(18)4-8(16)6-22(13)15/h2-7H,1H3,(H,19,24). The highest BCUT2D eigenvalue weighted by Gasteiger charge is 2.21. The second-order valence-electron chi connectivity index (χ2n) is 5.35. The highest BCUT2D eigenvalue weighted by atomic mass is 35.5. The fraction of sp³-hybridized carbons (Fsp3) is 0.133. The lowest BCUT2D eigenvalue weighted by atomic mass is 10.2. The summed E-state index contributed by atoms with van der Waals surface area (Å²) in [6, 6.07) is 5.35. The number of pyridine rings is 1. The Morgan fingerprint density at radius 3 is 2.70 bits per heavy atom. The lowest BCUT2D eigenvalue weighted by molar-refractivity contribution is -0.384. The molecule has 2 aromatic heterocycles. The van der Waals surface area contributed by atoms with Crippen molar-refractivity contribution >= 4 is 69.5 Å². The maximum Gasteiger partial charge on any atom is 0.271 e.